The maximum Gasteiger partial charge on any atom is 0.175 e. The maximum atomic E-state index is 8.89. The first kappa shape index (κ1) is 15.2. The van der Waals surface area contributed by atoms with Crippen LogP contribution in [-0.4, -0.2) is 11.0 Å². The third-order valence-electron chi connectivity index (χ3n) is 3.32. The minimum atomic E-state index is -0.0855. The van der Waals surface area contributed by atoms with Crippen molar-refractivity contribution in [3.63, 3.8) is 0 Å². The fourth-order valence-electron chi connectivity index (χ4n) is 2.11. The second-order valence-corrected chi connectivity index (χ2v) is 5.31. The number of nitrogens with two attached hydrogens (primary N) is 1. The molecule has 0 aliphatic heterocycles. The van der Waals surface area contributed by atoms with Crippen LogP contribution >= 0.6 is 11.6 Å². The molecule has 0 saturated carbocycles. The van der Waals surface area contributed by atoms with Crippen LogP contribution in [0.25, 0.3) is 0 Å². The number of halogens is 1. The number of oxime groups is 1. The lowest BCUT2D eigenvalue weighted by Gasteiger charge is -2.15. The molecule has 4 nitrogen and oxygen atoms in total. The second-order valence-electron chi connectivity index (χ2n) is 4.91. The molecule has 2 rings (SSSR count). The molecule has 21 heavy (non-hydrogen) atoms. The molecule has 0 fully saturated rings. The molecule has 110 valence electrons. The monoisotopic (exact) mass is 304 g/mol. The molecule has 0 radical (unpaired) electrons. The van der Waals surface area contributed by atoms with E-state index in [4.69, 9.17) is 27.3 Å². The van der Waals surface area contributed by atoms with Gasteiger partial charge in [-0.1, -0.05) is 28.9 Å². The molecule has 0 aliphatic rings. The molecule has 0 aromatic heterocycles. The van der Waals surface area contributed by atoms with Gasteiger partial charge < -0.3 is 15.7 Å². The smallest absolute Gasteiger partial charge is 0.175 e. The number of rotatable bonds is 3. The fraction of sp³-hybridized carbons (Fsp3) is 0.188. The quantitative estimate of drug-likeness (QED) is 0.387. The van der Waals surface area contributed by atoms with Gasteiger partial charge in [0.1, 0.15) is 11.5 Å². The third kappa shape index (κ3) is 3.11. The van der Waals surface area contributed by atoms with Crippen LogP contribution in [0.5, 0.6) is 11.5 Å². The molecule has 2 aromatic rings. The van der Waals surface area contributed by atoms with E-state index in [-0.39, 0.29) is 5.84 Å². The number of benzene rings is 2. The first-order valence-electron chi connectivity index (χ1n) is 6.46. The Morgan fingerprint density at radius 3 is 2.57 bits per heavy atom. The molecule has 0 atom stereocenters. The average molecular weight is 305 g/mol. The van der Waals surface area contributed by atoms with Gasteiger partial charge in [0, 0.05) is 0 Å². The molecule has 0 aliphatic carbocycles. The highest BCUT2D eigenvalue weighted by atomic mass is 35.5. The molecule has 0 heterocycles. The predicted molar refractivity (Wildman–Crippen MR) is 84.7 cm³/mol. The lowest BCUT2D eigenvalue weighted by atomic mass is 10.1. The highest BCUT2D eigenvalue weighted by Crippen LogP contribution is 2.33. The Labute approximate surface area is 128 Å². The van der Waals surface area contributed by atoms with Crippen molar-refractivity contribution in [3.8, 4) is 11.5 Å². The summed E-state index contributed by atoms with van der Waals surface area (Å²) in [5.74, 6) is 1.09. The van der Waals surface area contributed by atoms with E-state index in [1.54, 1.807) is 18.2 Å². The first-order chi connectivity index (χ1) is 9.93. The summed E-state index contributed by atoms with van der Waals surface area (Å²) in [6.45, 7) is 6.01. The van der Waals surface area contributed by atoms with Gasteiger partial charge in [0.25, 0.3) is 0 Å². The van der Waals surface area contributed by atoms with Crippen molar-refractivity contribution >= 4 is 17.4 Å². The highest BCUT2D eigenvalue weighted by Gasteiger charge is 2.15. The van der Waals surface area contributed by atoms with Gasteiger partial charge in [-0.25, -0.2) is 0 Å². The largest absolute Gasteiger partial charge is 0.456 e. The van der Waals surface area contributed by atoms with Crippen molar-refractivity contribution in [2.24, 2.45) is 10.9 Å². The number of hydrogen-bond donors (Lipinski definition) is 2. The number of nitrogens with zero attached hydrogens (tertiary/aromatic N) is 1. The number of amidine groups is 1. The molecule has 3 N–H and O–H groups in total. The second kappa shape index (κ2) is 6.06. The highest BCUT2D eigenvalue weighted by molar-refractivity contribution is 6.34. The van der Waals surface area contributed by atoms with Crippen LogP contribution in [0.4, 0.5) is 0 Å². The summed E-state index contributed by atoms with van der Waals surface area (Å²) in [6, 6.07) is 9.18. The summed E-state index contributed by atoms with van der Waals surface area (Å²) in [7, 11) is 0. The van der Waals surface area contributed by atoms with E-state index in [9.17, 15) is 0 Å². The lowest BCUT2D eigenvalue weighted by molar-refractivity contribution is 0.318. The SMILES string of the molecule is Cc1cc(C)c(C)c(Oc2cccc(Cl)c2C(N)=NO)c1. The van der Waals surface area contributed by atoms with E-state index < -0.39 is 0 Å². The van der Waals surface area contributed by atoms with E-state index >= 15 is 0 Å². The molecule has 0 spiro atoms. The zero-order valence-corrected chi connectivity index (χ0v) is 12.9. The van der Waals surface area contributed by atoms with Gasteiger partial charge in [0.05, 0.1) is 10.6 Å². The van der Waals surface area contributed by atoms with Gasteiger partial charge in [-0.2, -0.15) is 0 Å². The Bertz CT molecular complexity index is 712. The number of ether oxygens (including phenoxy) is 1. The molecular weight excluding hydrogens is 288 g/mol. The van der Waals surface area contributed by atoms with Crippen LogP contribution in [-0.2, 0) is 0 Å². The van der Waals surface area contributed by atoms with Crippen molar-refractivity contribution in [2.45, 2.75) is 20.8 Å². The first-order valence-corrected chi connectivity index (χ1v) is 6.84. The minimum Gasteiger partial charge on any atom is -0.456 e. The van der Waals surface area contributed by atoms with Crippen LogP contribution in [0.3, 0.4) is 0 Å². The fourth-order valence-corrected chi connectivity index (χ4v) is 2.38. The van der Waals surface area contributed by atoms with Crippen LogP contribution in [0.15, 0.2) is 35.5 Å². The molecule has 0 amide bonds. The van der Waals surface area contributed by atoms with Crippen LogP contribution in [0, 0.1) is 20.8 Å². The van der Waals surface area contributed by atoms with E-state index in [0.29, 0.717) is 16.3 Å². The molecule has 0 saturated heterocycles. The van der Waals surface area contributed by atoms with E-state index in [1.807, 2.05) is 26.8 Å². The number of hydrogen-bond acceptors (Lipinski definition) is 3. The summed E-state index contributed by atoms with van der Waals surface area (Å²) >= 11 is 6.12. The van der Waals surface area contributed by atoms with E-state index in [2.05, 4.69) is 11.2 Å². The minimum absolute atomic E-state index is 0.0855. The van der Waals surface area contributed by atoms with Crippen molar-refractivity contribution in [3.05, 3.63) is 57.6 Å². The van der Waals surface area contributed by atoms with Crippen molar-refractivity contribution in [1.29, 1.82) is 0 Å². The summed E-state index contributed by atoms with van der Waals surface area (Å²) in [6.07, 6.45) is 0. The maximum absolute atomic E-state index is 8.89. The molecular formula is C16H17ClN2O2. The average Bonchev–Trinajstić information content (AvgIpc) is 2.43. The standard InChI is InChI=1S/C16H17ClN2O2/c1-9-7-10(2)11(3)14(8-9)21-13-6-4-5-12(17)15(13)16(18)19-20/h4-8,20H,1-3H3,(H2,18,19). The summed E-state index contributed by atoms with van der Waals surface area (Å²) in [5.41, 5.74) is 9.33. The third-order valence-corrected chi connectivity index (χ3v) is 3.64. The Kier molecular flexibility index (Phi) is 4.38. The van der Waals surface area contributed by atoms with Gasteiger partial charge in [0.15, 0.2) is 5.84 Å². The number of aryl methyl sites for hydroxylation is 2. The van der Waals surface area contributed by atoms with Crippen molar-refractivity contribution in [2.75, 3.05) is 0 Å². The zero-order chi connectivity index (χ0) is 15.6. The molecule has 0 bridgehead atoms. The van der Waals surface area contributed by atoms with Crippen LogP contribution in [0.1, 0.15) is 22.3 Å². The normalized spacial score (nSPS) is 11.5. The Morgan fingerprint density at radius 1 is 1.19 bits per heavy atom. The van der Waals surface area contributed by atoms with Gasteiger partial charge in [-0.15, -0.1) is 0 Å². The van der Waals surface area contributed by atoms with E-state index in [0.717, 1.165) is 22.4 Å². The predicted octanol–water partition coefficient (Wildman–Crippen LogP) is 4.15. The van der Waals surface area contributed by atoms with Crippen LogP contribution in [0.2, 0.25) is 5.02 Å². The Hall–Kier alpha value is -2.20. The topological polar surface area (TPSA) is 67.8 Å². The van der Waals surface area contributed by atoms with Crippen molar-refractivity contribution in [1.82, 2.24) is 0 Å². The van der Waals surface area contributed by atoms with Gasteiger partial charge in [0.2, 0.25) is 0 Å². The van der Waals surface area contributed by atoms with Gasteiger partial charge in [-0.05, 0) is 55.7 Å². The Balaban J connectivity index is 2.53. The van der Waals surface area contributed by atoms with Gasteiger partial charge >= 0.3 is 0 Å². The van der Waals surface area contributed by atoms with E-state index in [1.165, 1.54) is 0 Å². The lowest BCUT2D eigenvalue weighted by Crippen LogP contribution is -2.15. The summed E-state index contributed by atoms with van der Waals surface area (Å²) in [5, 5.41) is 12.3. The Morgan fingerprint density at radius 2 is 1.90 bits per heavy atom. The van der Waals surface area contributed by atoms with Crippen LogP contribution < -0.4 is 10.5 Å². The van der Waals surface area contributed by atoms with Gasteiger partial charge in [-0.3, -0.25) is 0 Å². The summed E-state index contributed by atoms with van der Waals surface area (Å²) in [4.78, 5) is 0. The molecule has 2 aromatic carbocycles. The zero-order valence-electron chi connectivity index (χ0n) is 12.1. The summed E-state index contributed by atoms with van der Waals surface area (Å²) < 4.78 is 5.95. The molecule has 0 unspecified atom stereocenters. The van der Waals surface area contributed by atoms with Crippen molar-refractivity contribution < 1.29 is 9.94 Å². The molecule has 5 heteroatoms.